The Morgan fingerprint density at radius 3 is 3.10 bits per heavy atom. The molecule has 1 aliphatic rings. The highest BCUT2D eigenvalue weighted by Crippen LogP contribution is 2.25. The Balaban J connectivity index is 1.86. The molecular weight excluding hydrogens is 292 g/mol. The molecule has 2 atom stereocenters. The van der Waals surface area contributed by atoms with Crippen molar-refractivity contribution in [3.63, 3.8) is 0 Å². The lowest BCUT2D eigenvalue weighted by Crippen LogP contribution is -2.31. The molecule has 0 spiro atoms. The number of hydrogen-bond acceptors (Lipinski definition) is 7. The van der Waals surface area contributed by atoms with E-state index in [0.717, 1.165) is 13.0 Å². The van der Waals surface area contributed by atoms with E-state index in [1.165, 1.54) is 11.3 Å². The molecule has 2 heterocycles. The molecule has 1 aliphatic heterocycles. The van der Waals surface area contributed by atoms with Crippen LogP contribution in [0.25, 0.3) is 0 Å². The second-order valence-corrected chi connectivity index (χ2v) is 5.99. The Hall–Kier alpha value is -1.38. The summed E-state index contributed by atoms with van der Waals surface area (Å²) in [7, 11) is 1.63. The number of nitrogens with one attached hydrogen (secondary N) is 2. The summed E-state index contributed by atoms with van der Waals surface area (Å²) >= 11 is 1.26. The first-order valence-electron chi connectivity index (χ1n) is 7.00. The van der Waals surface area contributed by atoms with Crippen LogP contribution in [0, 0.1) is 5.92 Å². The van der Waals surface area contributed by atoms with E-state index in [1.807, 2.05) is 6.92 Å². The Labute approximate surface area is 128 Å². The molecule has 8 heteroatoms. The minimum absolute atomic E-state index is 0.177. The number of nitrogen functional groups attached to an aromatic ring is 1. The Kier molecular flexibility index (Phi) is 5.77. The van der Waals surface area contributed by atoms with Crippen molar-refractivity contribution in [2.45, 2.75) is 19.4 Å². The smallest absolute Gasteiger partial charge is 0.265 e. The number of nitrogens with two attached hydrogens (primary N) is 1. The number of thiazole rings is 1. The molecule has 21 heavy (non-hydrogen) atoms. The summed E-state index contributed by atoms with van der Waals surface area (Å²) in [5.41, 5.74) is 5.80. The molecule has 1 saturated heterocycles. The summed E-state index contributed by atoms with van der Waals surface area (Å²) in [5.74, 6) is 0.444. The van der Waals surface area contributed by atoms with Crippen molar-refractivity contribution in [2.24, 2.45) is 5.92 Å². The number of carbonyl (C=O) groups excluding carboxylic acids is 1. The monoisotopic (exact) mass is 314 g/mol. The number of ether oxygens (including phenoxy) is 2. The third kappa shape index (κ3) is 4.29. The van der Waals surface area contributed by atoms with Gasteiger partial charge in [-0.1, -0.05) is 11.3 Å². The van der Waals surface area contributed by atoms with Gasteiger partial charge in [0.1, 0.15) is 10.7 Å². The fraction of sp³-hybridized carbons (Fsp3) is 0.692. The van der Waals surface area contributed by atoms with Crippen LogP contribution in [-0.4, -0.2) is 50.4 Å². The SMILES string of the molecule is COCCNc1nc(N)c(C(=O)NCC2CCOC2C)s1. The predicted octanol–water partition coefficient (Wildman–Crippen LogP) is 0.938. The third-order valence-corrected chi connectivity index (χ3v) is 4.53. The van der Waals surface area contributed by atoms with Gasteiger partial charge in [-0.05, 0) is 13.3 Å². The average Bonchev–Trinajstić information content (AvgIpc) is 3.03. The van der Waals surface area contributed by atoms with Crippen molar-refractivity contribution in [2.75, 3.05) is 44.5 Å². The van der Waals surface area contributed by atoms with E-state index in [9.17, 15) is 4.79 Å². The quantitative estimate of drug-likeness (QED) is 0.648. The van der Waals surface area contributed by atoms with Crippen LogP contribution in [-0.2, 0) is 9.47 Å². The average molecular weight is 314 g/mol. The first-order chi connectivity index (χ1) is 10.1. The minimum atomic E-state index is -0.177. The number of methoxy groups -OCH3 is 1. The van der Waals surface area contributed by atoms with E-state index in [2.05, 4.69) is 15.6 Å². The summed E-state index contributed by atoms with van der Waals surface area (Å²) in [6.45, 7) is 4.59. The first-order valence-corrected chi connectivity index (χ1v) is 7.82. The summed E-state index contributed by atoms with van der Waals surface area (Å²) in [6.07, 6.45) is 1.17. The minimum Gasteiger partial charge on any atom is -0.383 e. The molecule has 7 nitrogen and oxygen atoms in total. The van der Waals surface area contributed by atoms with E-state index in [-0.39, 0.29) is 17.8 Å². The molecule has 0 bridgehead atoms. The molecular formula is C13H22N4O3S. The fourth-order valence-electron chi connectivity index (χ4n) is 2.18. The molecule has 1 fully saturated rings. The Morgan fingerprint density at radius 2 is 2.43 bits per heavy atom. The van der Waals surface area contributed by atoms with E-state index >= 15 is 0 Å². The maximum atomic E-state index is 12.2. The lowest BCUT2D eigenvalue weighted by atomic mass is 10.0. The van der Waals surface area contributed by atoms with Crippen LogP contribution in [0.5, 0.6) is 0 Å². The summed E-state index contributed by atoms with van der Waals surface area (Å²) in [4.78, 5) is 16.7. The Bertz CT molecular complexity index is 480. The molecule has 0 radical (unpaired) electrons. The van der Waals surface area contributed by atoms with Crippen molar-refractivity contribution in [3.05, 3.63) is 4.88 Å². The second kappa shape index (κ2) is 7.58. The van der Waals surface area contributed by atoms with Gasteiger partial charge in [0.05, 0.1) is 12.7 Å². The van der Waals surface area contributed by atoms with Gasteiger partial charge < -0.3 is 25.8 Å². The molecule has 2 unspecified atom stereocenters. The number of aromatic nitrogens is 1. The lowest BCUT2D eigenvalue weighted by molar-refractivity contribution is 0.0911. The topological polar surface area (TPSA) is 98.5 Å². The Morgan fingerprint density at radius 1 is 1.62 bits per heavy atom. The maximum Gasteiger partial charge on any atom is 0.265 e. The van der Waals surface area contributed by atoms with Crippen LogP contribution < -0.4 is 16.4 Å². The number of carbonyl (C=O) groups is 1. The maximum absolute atomic E-state index is 12.2. The van der Waals surface area contributed by atoms with Crippen molar-refractivity contribution < 1.29 is 14.3 Å². The molecule has 0 aliphatic carbocycles. The fourth-order valence-corrected chi connectivity index (χ4v) is 3.01. The molecule has 2 rings (SSSR count). The van der Waals surface area contributed by atoms with E-state index < -0.39 is 0 Å². The predicted molar refractivity (Wildman–Crippen MR) is 82.7 cm³/mol. The van der Waals surface area contributed by atoms with E-state index in [4.69, 9.17) is 15.2 Å². The zero-order valence-electron chi connectivity index (χ0n) is 12.3. The molecule has 118 valence electrons. The van der Waals surface area contributed by atoms with Crippen LogP contribution >= 0.6 is 11.3 Å². The molecule has 0 aromatic carbocycles. The molecule has 1 aromatic heterocycles. The van der Waals surface area contributed by atoms with Gasteiger partial charge in [0.15, 0.2) is 5.13 Å². The number of amides is 1. The summed E-state index contributed by atoms with van der Waals surface area (Å²) < 4.78 is 10.4. The van der Waals surface area contributed by atoms with Gasteiger partial charge in [-0.25, -0.2) is 4.98 Å². The number of hydrogen-bond donors (Lipinski definition) is 3. The first kappa shape index (κ1) is 16.0. The van der Waals surface area contributed by atoms with Crippen LogP contribution in [0.2, 0.25) is 0 Å². The zero-order valence-corrected chi connectivity index (χ0v) is 13.2. The van der Waals surface area contributed by atoms with Gasteiger partial charge in [0.25, 0.3) is 5.91 Å². The van der Waals surface area contributed by atoms with Crippen LogP contribution in [0.1, 0.15) is 23.0 Å². The summed E-state index contributed by atoms with van der Waals surface area (Å²) in [5, 5.41) is 6.61. The largest absolute Gasteiger partial charge is 0.383 e. The summed E-state index contributed by atoms with van der Waals surface area (Å²) in [6, 6.07) is 0. The molecule has 0 saturated carbocycles. The molecule has 4 N–H and O–H groups in total. The zero-order chi connectivity index (χ0) is 15.2. The molecule has 1 aromatic rings. The van der Waals surface area contributed by atoms with Crippen LogP contribution in [0.4, 0.5) is 10.9 Å². The van der Waals surface area contributed by atoms with Crippen LogP contribution in [0.15, 0.2) is 0 Å². The van der Waals surface area contributed by atoms with Gasteiger partial charge in [-0.15, -0.1) is 0 Å². The van der Waals surface area contributed by atoms with Gasteiger partial charge in [-0.2, -0.15) is 0 Å². The highest BCUT2D eigenvalue weighted by Gasteiger charge is 2.25. The lowest BCUT2D eigenvalue weighted by Gasteiger charge is -2.14. The van der Waals surface area contributed by atoms with Gasteiger partial charge in [0.2, 0.25) is 0 Å². The van der Waals surface area contributed by atoms with Crippen molar-refractivity contribution in [3.8, 4) is 0 Å². The second-order valence-electron chi connectivity index (χ2n) is 4.99. The van der Waals surface area contributed by atoms with Gasteiger partial charge >= 0.3 is 0 Å². The third-order valence-electron chi connectivity index (χ3n) is 3.50. The van der Waals surface area contributed by atoms with Crippen molar-refractivity contribution >= 4 is 28.2 Å². The number of anilines is 2. The van der Waals surface area contributed by atoms with Crippen LogP contribution in [0.3, 0.4) is 0 Å². The molecule has 1 amide bonds. The highest BCUT2D eigenvalue weighted by molar-refractivity contribution is 7.18. The van der Waals surface area contributed by atoms with Gasteiger partial charge in [0, 0.05) is 32.7 Å². The highest BCUT2D eigenvalue weighted by atomic mass is 32.1. The number of rotatable bonds is 7. The van der Waals surface area contributed by atoms with Crippen molar-refractivity contribution in [1.82, 2.24) is 10.3 Å². The number of nitrogens with zero attached hydrogens (tertiary/aromatic N) is 1. The van der Waals surface area contributed by atoms with E-state index in [0.29, 0.717) is 35.6 Å². The standard InChI is InChI=1S/C13H22N4O3S/c1-8-9(3-5-20-8)7-16-12(18)10-11(14)17-13(21-10)15-4-6-19-2/h8-9H,3-7,14H2,1-2H3,(H,15,17)(H,16,18). The van der Waals surface area contributed by atoms with Crippen molar-refractivity contribution in [1.29, 1.82) is 0 Å². The normalized spacial score (nSPS) is 21.4. The van der Waals surface area contributed by atoms with E-state index in [1.54, 1.807) is 7.11 Å². The van der Waals surface area contributed by atoms with Gasteiger partial charge in [-0.3, -0.25) is 4.79 Å².